The van der Waals surface area contributed by atoms with Gasteiger partial charge in [0.2, 0.25) is 11.9 Å². The molecule has 17 heavy (non-hydrogen) atoms. The first kappa shape index (κ1) is 11.4. The van der Waals surface area contributed by atoms with Crippen LogP contribution in [0.2, 0.25) is 0 Å². The summed E-state index contributed by atoms with van der Waals surface area (Å²) in [5.41, 5.74) is 11.2. The number of nitrogen functional groups attached to an aromatic ring is 2. The first-order valence-electron chi connectivity index (χ1n) is 5.56. The van der Waals surface area contributed by atoms with Crippen molar-refractivity contribution in [3.8, 4) is 0 Å². The predicted octanol–water partition coefficient (Wildman–Crippen LogP) is -0.644. The summed E-state index contributed by atoms with van der Waals surface area (Å²) in [7, 11) is 0. The lowest BCUT2D eigenvalue weighted by atomic mass is 10.1. The normalized spacial score (nSPS) is 20.2. The molecule has 7 heteroatoms. The number of nitrogens with zero attached hydrogens (tertiary/aromatic N) is 3. The maximum absolute atomic E-state index is 11.7. The minimum absolute atomic E-state index is 0.00880. The van der Waals surface area contributed by atoms with Crippen LogP contribution in [0, 0.1) is 0 Å². The molecule has 2 rings (SSSR count). The number of rotatable bonds is 2. The van der Waals surface area contributed by atoms with Gasteiger partial charge in [-0.2, -0.15) is 9.97 Å². The highest BCUT2D eigenvalue weighted by Gasteiger charge is 2.29. The highest BCUT2D eigenvalue weighted by atomic mass is 16.2. The molecule has 0 bridgehead atoms. The molecule has 1 aromatic rings. The topological polar surface area (TPSA) is 110 Å². The molecule has 1 saturated heterocycles. The van der Waals surface area contributed by atoms with E-state index in [-0.39, 0.29) is 17.9 Å². The quantitative estimate of drug-likeness (QED) is 0.629. The fraction of sp³-hybridized carbons (Fsp3) is 0.500. The van der Waals surface area contributed by atoms with Crippen LogP contribution in [0.3, 0.4) is 0 Å². The molecule has 0 aliphatic carbocycles. The average molecular weight is 236 g/mol. The van der Waals surface area contributed by atoms with E-state index in [9.17, 15) is 4.79 Å². The smallest absolute Gasteiger partial charge is 0.242 e. The molecule has 1 aliphatic rings. The second kappa shape index (κ2) is 4.44. The third kappa shape index (κ3) is 2.22. The molecular formula is C10H16N6O. The standard InChI is InChI=1S/C10H16N6O/c1-2-6-9(17)13-3-4-16(6)8-5-7(11)14-10(12)15-8/h5-6H,2-4H2,1H3,(H,13,17)(H4,11,12,14,15). The van der Waals surface area contributed by atoms with Crippen molar-refractivity contribution in [1.82, 2.24) is 15.3 Å². The fourth-order valence-electron chi connectivity index (χ4n) is 2.01. The molecule has 5 N–H and O–H groups in total. The van der Waals surface area contributed by atoms with E-state index in [1.807, 2.05) is 11.8 Å². The summed E-state index contributed by atoms with van der Waals surface area (Å²) < 4.78 is 0. The van der Waals surface area contributed by atoms with E-state index in [1.54, 1.807) is 6.07 Å². The van der Waals surface area contributed by atoms with Crippen molar-refractivity contribution in [1.29, 1.82) is 0 Å². The minimum atomic E-state index is -0.225. The van der Waals surface area contributed by atoms with Gasteiger partial charge in [0.25, 0.3) is 0 Å². The number of piperazine rings is 1. The Bertz CT molecular complexity index is 415. The van der Waals surface area contributed by atoms with Gasteiger partial charge in [-0.15, -0.1) is 0 Å². The number of anilines is 3. The second-order valence-corrected chi connectivity index (χ2v) is 3.92. The van der Waals surface area contributed by atoms with Crippen LogP contribution in [0.4, 0.5) is 17.6 Å². The maximum atomic E-state index is 11.7. The Morgan fingerprint density at radius 3 is 2.94 bits per heavy atom. The number of aromatic nitrogens is 2. The van der Waals surface area contributed by atoms with Crippen molar-refractivity contribution in [3.63, 3.8) is 0 Å². The molecule has 0 spiro atoms. The van der Waals surface area contributed by atoms with E-state index in [2.05, 4.69) is 15.3 Å². The third-order valence-corrected chi connectivity index (χ3v) is 2.76. The summed E-state index contributed by atoms with van der Waals surface area (Å²) >= 11 is 0. The third-order valence-electron chi connectivity index (χ3n) is 2.76. The SMILES string of the molecule is CCC1C(=O)NCCN1c1cc(N)nc(N)n1. The van der Waals surface area contributed by atoms with Crippen molar-refractivity contribution in [3.05, 3.63) is 6.07 Å². The van der Waals surface area contributed by atoms with Crippen LogP contribution in [-0.4, -0.2) is 35.0 Å². The van der Waals surface area contributed by atoms with Gasteiger partial charge >= 0.3 is 0 Å². The zero-order chi connectivity index (χ0) is 12.4. The highest BCUT2D eigenvalue weighted by molar-refractivity contribution is 5.86. The van der Waals surface area contributed by atoms with Crippen LogP contribution in [0.25, 0.3) is 0 Å². The summed E-state index contributed by atoms with van der Waals surface area (Å²) in [5.74, 6) is 1.06. The van der Waals surface area contributed by atoms with E-state index >= 15 is 0 Å². The lowest BCUT2D eigenvalue weighted by molar-refractivity contribution is -0.123. The minimum Gasteiger partial charge on any atom is -0.383 e. The Hall–Kier alpha value is -2.05. The number of amides is 1. The fourth-order valence-corrected chi connectivity index (χ4v) is 2.01. The van der Waals surface area contributed by atoms with Crippen LogP contribution in [0.15, 0.2) is 6.07 Å². The van der Waals surface area contributed by atoms with Crippen molar-refractivity contribution in [2.45, 2.75) is 19.4 Å². The van der Waals surface area contributed by atoms with E-state index < -0.39 is 0 Å². The summed E-state index contributed by atoms with van der Waals surface area (Å²) in [6, 6.07) is 1.41. The molecule has 1 aromatic heterocycles. The van der Waals surface area contributed by atoms with Gasteiger partial charge in [-0.3, -0.25) is 4.79 Å². The average Bonchev–Trinajstić information content (AvgIpc) is 2.27. The van der Waals surface area contributed by atoms with Gasteiger partial charge in [0, 0.05) is 19.2 Å². The molecule has 0 radical (unpaired) electrons. The van der Waals surface area contributed by atoms with E-state index in [4.69, 9.17) is 11.5 Å². The molecule has 0 saturated carbocycles. The first-order valence-corrected chi connectivity index (χ1v) is 5.56. The summed E-state index contributed by atoms with van der Waals surface area (Å²) in [4.78, 5) is 21.6. The molecule has 1 amide bonds. The maximum Gasteiger partial charge on any atom is 0.242 e. The number of nitrogens with one attached hydrogen (secondary N) is 1. The number of hydrogen-bond donors (Lipinski definition) is 3. The summed E-state index contributed by atoms with van der Waals surface area (Å²) in [5, 5.41) is 2.83. The number of hydrogen-bond acceptors (Lipinski definition) is 6. The Labute approximate surface area is 99.2 Å². The molecule has 2 heterocycles. The van der Waals surface area contributed by atoms with E-state index in [0.29, 0.717) is 31.1 Å². The van der Waals surface area contributed by atoms with Crippen LogP contribution < -0.4 is 21.7 Å². The highest BCUT2D eigenvalue weighted by Crippen LogP contribution is 2.20. The number of nitrogens with two attached hydrogens (primary N) is 2. The lowest BCUT2D eigenvalue weighted by Gasteiger charge is -2.35. The van der Waals surface area contributed by atoms with Crippen molar-refractivity contribution in [2.75, 3.05) is 29.5 Å². The Morgan fingerprint density at radius 1 is 1.53 bits per heavy atom. The molecule has 92 valence electrons. The number of carbonyl (C=O) groups excluding carboxylic acids is 1. The van der Waals surface area contributed by atoms with Crippen molar-refractivity contribution in [2.24, 2.45) is 0 Å². The summed E-state index contributed by atoms with van der Waals surface area (Å²) in [6.45, 7) is 3.25. The van der Waals surface area contributed by atoms with Crippen LogP contribution in [-0.2, 0) is 4.79 Å². The van der Waals surface area contributed by atoms with Crippen LogP contribution in [0.5, 0.6) is 0 Å². The van der Waals surface area contributed by atoms with Gasteiger partial charge in [0.1, 0.15) is 17.7 Å². The molecular weight excluding hydrogens is 220 g/mol. The zero-order valence-electron chi connectivity index (χ0n) is 9.68. The zero-order valence-corrected chi connectivity index (χ0v) is 9.68. The Kier molecular flexibility index (Phi) is 2.99. The number of carbonyl (C=O) groups is 1. The van der Waals surface area contributed by atoms with Gasteiger partial charge in [-0.05, 0) is 6.42 Å². The van der Waals surface area contributed by atoms with Crippen LogP contribution in [0.1, 0.15) is 13.3 Å². The van der Waals surface area contributed by atoms with Gasteiger partial charge in [0.15, 0.2) is 0 Å². The first-order chi connectivity index (χ1) is 8.11. The molecule has 1 atom stereocenters. The van der Waals surface area contributed by atoms with Gasteiger partial charge in [0.05, 0.1) is 0 Å². The van der Waals surface area contributed by atoms with E-state index in [0.717, 1.165) is 0 Å². The predicted molar refractivity (Wildman–Crippen MR) is 65.3 cm³/mol. The van der Waals surface area contributed by atoms with Crippen molar-refractivity contribution < 1.29 is 4.79 Å². The van der Waals surface area contributed by atoms with Gasteiger partial charge < -0.3 is 21.7 Å². The largest absolute Gasteiger partial charge is 0.383 e. The van der Waals surface area contributed by atoms with Gasteiger partial charge in [-0.1, -0.05) is 6.92 Å². The molecule has 1 unspecified atom stereocenters. The Balaban J connectivity index is 2.33. The van der Waals surface area contributed by atoms with Gasteiger partial charge in [-0.25, -0.2) is 0 Å². The van der Waals surface area contributed by atoms with E-state index in [1.165, 1.54) is 0 Å². The Morgan fingerprint density at radius 2 is 2.29 bits per heavy atom. The molecule has 7 nitrogen and oxygen atoms in total. The molecule has 1 fully saturated rings. The van der Waals surface area contributed by atoms with Crippen LogP contribution >= 0.6 is 0 Å². The lowest BCUT2D eigenvalue weighted by Crippen LogP contribution is -2.55. The molecule has 0 aromatic carbocycles. The molecule has 1 aliphatic heterocycles. The summed E-state index contributed by atoms with van der Waals surface area (Å²) in [6.07, 6.45) is 0.704. The van der Waals surface area contributed by atoms with Crippen molar-refractivity contribution >= 4 is 23.5 Å². The second-order valence-electron chi connectivity index (χ2n) is 3.92. The monoisotopic (exact) mass is 236 g/mol.